The zero-order chi connectivity index (χ0) is 30.7. The highest BCUT2D eigenvalue weighted by molar-refractivity contribution is 7.92. The minimum atomic E-state index is -3.57. The maximum atomic E-state index is 14.0. The van der Waals surface area contributed by atoms with Gasteiger partial charge in [-0.1, -0.05) is 6.92 Å². The molecular weight excluding hydrogens is 548 g/mol. The summed E-state index contributed by atoms with van der Waals surface area (Å²) in [6, 6.07) is 4.13. The fourth-order valence-electron chi connectivity index (χ4n) is 4.77. The second-order valence-corrected chi connectivity index (χ2v) is 13.3. The van der Waals surface area contributed by atoms with Gasteiger partial charge in [0, 0.05) is 44.8 Å². The van der Waals surface area contributed by atoms with E-state index >= 15 is 0 Å². The van der Waals surface area contributed by atoms with Crippen molar-refractivity contribution in [1.82, 2.24) is 14.7 Å². The van der Waals surface area contributed by atoms with Crippen LogP contribution in [0.1, 0.15) is 63.2 Å². The highest BCUT2D eigenvalue weighted by Crippen LogP contribution is 2.28. The zero-order valence-electron chi connectivity index (χ0n) is 25.8. The second kappa shape index (κ2) is 16.3. The van der Waals surface area contributed by atoms with Gasteiger partial charge in [0.15, 0.2) is 0 Å². The largest absolute Gasteiger partial charge is 0.490 e. The van der Waals surface area contributed by atoms with Crippen molar-refractivity contribution in [3.05, 3.63) is 23.8 Å². The molecule has 11 nitrogen and oxygen atoms in total. The van der Waals surface area contributed by atoms with Gasteiger partial charge in [0.25, 0.3) is 5.91 Å². The molecule has 0 spiro atoms. The summed E-state index contributed by atoms with van der Waals surface area (Å²) in [6.07, 6.45) is 4.15. The van der Waals surface area contributed by atoms with Crippen LogP contribution in [-0.2, 0) is 19.6 Å². The van der Waals surface area contributed by atoms with Crippen LogP contribution < -0.4 is 9.46 Å². The molecule has 1 aliphatic rings. The summed E-state index contributed by atoms with van der Waals surface area (Å²) in [4.78, 5) is 32.2. The lowest BCUT2D eigenvalue weighted by molar-refractivity contribution is -0.132. The normalized spacial score (nSPS) is 21.9. The number of benzene rings is 1. The maximum absolute atomic E-state index is 14.0. The molecule has 1 aromatic rings. The van der Waals surface area contributed by atoms with E-state index in [4.69, 9.17) is 9.47 Å². The molecule has 2 rings (SSSR count). The van der Waals surface area contributed by atoms with Gasteiger partial charge in [-0.25, -0.2) is 8.42 Å². The van der Waals surface area contributed by atoms with Gasteiger partial charge in [-0.15, -0.1) is 0 Å². The third-order valence-corrected chi connectivity index (χ3v) is 7.84. The van der Waals surface area contributed by atoms with Crippen LogP contribution in [0, 0.1) is 5.92 Å². The van der Waals surface area contributed by atoms with E-state index in [9.17, 15) is 23.1 Å². The molecule has 1 heterocycles. The summed E-state index contributed by atoms with van der Waals surface area (Å²) in [6.45, 7) is 7.39. The Hall–Kier alpha value is -2.41. The summed E-state index contributed by atoms with van der Waals surface area (Å²) >= 11 is 0. The van der Waals surface area contributed by atoms with Crippen LogP contribution in [0.4, 0.5) is 5.69 Å². The smallest absolute Gasteiger partial charge is 0.258 e. The Bertz CT molecular complexity index is 1100. The molecule has 0 aliphatic carbocycles. The first kappa shape index (κ1) is 34.8. The van der Waals surface area contributed by atoms with Gasteiger partial charge in [-0.3, -0.25) is 14.3 Å². The molecule has 4 atom stereocenters. The monoisotopic (exact) mass is 598 g/mol. The van der Waals surface area contributed by atoms with E-state index in [1.807, 2.05) is 32.8 Å². The van der Waals surface area contributed by atoms with Crippen LogP contribution in [0.2, 0.25) is 0 Å². The van der Waals surface area contributed by atoms with Crippen LogP contribution in [0.25, 0.3) is 0 Å². The van der Waals surface area contributed by atoms with Crippen molar-refractivity contribution >= 4 is 27.5 Å². The van der Waals surface area contributed by atoms with Crippen LogP contribution in [-0.4, -0.2) is 119 Å². The van der Waals surface area contributed by atoms with E-state index in [1.54, 1.807) is 35.9 Å². The topological polar surface area (TPSA) is 129 Å². The Morgan fingerprint density at radius 3 is 2.56 bits per heavy atom. The summed E-state index contributed by atoms with van der Waals surface area (Å²) in [5.41, 5.74) is 0.456. The molecule has 0 radical (unpaired) electrons. The van der Waals surface area contributed by atoms with Gasteiger partial charge in [0.05, 0.1) is 36.7 Å². The van der Waals surface area contributed by atoms with E-state index in [0.717, 1.165) is 38.5 Å². The lowest BCUT2D eigenvalue weighted by Crippen LogP contribution is -2.48. The Morgan fingerprint density at radius 2 is 1.93 bits per heavy atom. The summed E-state index contributed by atoms with van der Waals surface area (Å²) in [5.74, 6) is -0.156. The molecule has 2 amide bonds. The van der Waals surface area contributed by atoms with Gasteiger partial charge in [-0.2, -0.15) is 0 Å². The van der Waals surface area contributed by atoms with Gasteiger partial charge in [0.1, 0.15) is 5.75 Å². The molecule has 12 heteroatoms. The molecule has 234 valence electrons. The fraction of sp³-hybridized carbons (Fsp3) is 0.724. The number of hydrogen-bond acceptors (Lipinski definition) is 8. The molecule has 1 aromatic carbocycles. The van der Waals surface area contributed by atoms with E-state index in [0.29, 0.717) is 25.3 Å². The Balaban J connectivity index is 2.39. The average Bonchev–Trinajstić information content (AvgIpc) is 2.89. The summed E-state index contributed by atoms with van der Waals surface area (Å²) in [7, 11) is 2.17. The predicted octanol–water partition coefficient (Wildman–Crippen LogP) is 2.65. The Kier molecular flexibility index (Phi) is 13.8. The number of carbonyl (C=O) groups excluding carboxylic acids is 2. The highest BCUT2D eigenvalue weighted by atomic mass is 32.2. The van der Waals surface area contributed by atoms with Crippen LogP contribution in [0.5, 0.6) is 5.75 Å². The van der Waals surface area contributed by atoms with Crippen LogP contribution >= 0.6 is 0 Å². The van der Waals surface area contributed by atoms with Gasteiger partial charge in [0.2, 0.25) is 15.9 Å². The molecule has 0 bridgehead atoms. The number of nitrogens with zero attached hydrogens (tertiary/aromatic N) is 3. The zero-order valence-corrected chi connectivity index (χ0v) is 26.6. The third kappa shape index (κ3) is 11.8. The van der Waals surface area contributed by atoms with Gasteiger partial charge < -0.3 is 29.3 Å². The molecule has 0 unspecified atom stereocenters. The van der Waals surface area contributed by atoms with Crippen molar-refractivity contribution in [1.29, 1.82) is 0 Å². The number of likely N-dealkylation sites (N-methyl/N-ethyl adjacent to an activating group) is 1. The Morgan fingerprint density at radius 1 is 1.22 bits per heavy atom. The summed E-state index contributed by atoms with van der Waals surface area (Å²) < 4.78 is 38.7. The molecule has 0 fully saturated rings. The molecule has 0 saturated heterocycles. The number of ether oxygens (including phenoxy) is 2. The number of aliphatic hydroxyl groups is 1. The molecule has 2 N–H and O–H groups in total. The first-order valence-corrected chi connectivity index (χ1v) is 16.3. The highest BCUT2D eigenvalue weighted by Gasteiger charge is 2.31. The van der Waals surface area contributed by atoms with Crippen molar-refractivity contribution in [2.45, 2.75) is 71.1 Å². The van der Waals surface area contributed by atoms with E-state index in [-0.39, 0.29) is 54.3 Å². The quantitative estimate of drug-likeness (QED) is 0.421. The average molecular weight is 599 g/mol. The third-order valence-electron chi connectivity index (χ3n) is 7.23. The fourth-order valence-corrected chi connectivity index (χ4v) is 5.33. The number of rotatable bonds is 10. The molecule has 0 aromatic heterocycles. The lowest BCUT2D eigenvalue weighted by atomic mass is 10.0. The van der Waals surface area contributed by atoms with E-state index in [1.165, 1.54) is 6.07 Å². The van der Waals surface area contributed by atoms with Crippen LogP contribution in [0.3, 0.4) is 0 Å². The number of fused-ring (bicyclic) bond motifs is 1. The first-order valence-electron chi connectivity index (χ1n) is 14.4. The first-order chi connectivity index (χ1) is 19.2. The number of nitrogens with one attached hydrogen (secondary N) is 1. The van der Waals surface area contributed by atoms with Gasteiger partial charge >= 0.3 is 0 Å². The van der Waals surface area contributed by atoms with Crippen molar-refractivity contribution in [3.8, 4) is 5.75 Å². The standard InChI is InChI=1S/C29H50N4O7S/c1-21-18-33(22(2)20-34)29(36)25-17-24(30-41(7,37)38)13-14-26(25)40-23(3)11-8-9-16-39-27(21)19-32(6)28(35)12-10-15-31(4)5/h13-14,17,21-23,27,30,34H,8-12,15-16,18-20H2,1-7H3/t21-,22+,23-,27-/m1/s1. The SMILES string of the molecule is C[C@@H]1CCCCO[C@H](CN(C)C(=O)CCCN(C)C)[C@H](C)CN([C@@H](C)CO)C(=O)c2cc(NS(C)(=O)=O)ccc2O1. The molecular formula is C29H50N4O7S. The second-order valence-electron chi connectivity index (χ2n) is 11.6. The minimum absolute atomic E-state index is 0.0459. The number of aliphatic hydroxyl groups excluding tert-OH is 1. The lowest BCUT2D eigenvalue weighted by Gasteiger charge is -2.36. The number of sulfonamides is 1. The number of anilines is 1. The number of hydrogen-bond donors (Lipinski definition) is 2. The minimum Gasteiger partial charge on any atom is -0.490 e. The maximum Gasteiger partial charge on any atom is 0.258 e. The van der Waals surface area contributed by atoms with E-state index < -0.39 is 16.1 Å². The summed E-state index contributed by atoms with van der Waals surface area (Å²) in [5, 5.41) is 10.1. The van der Waals surface area contributed by atoms with Crippen molar-refractivity contribution in [3.63, 3.8) is 0 Å². The molecule has 1 aliphatic heterocycles. The van der Waals surface area contributed by atoms with Crippen LogP contribution in [0.15, 0.2) is 18.2 Å². The van der Waals surface area contributed by atoms with Crippen molar-refractivity contribution in [2.24, 2.45) is 5.92 Å². The molecule has 41 heavy (non-hydrogen) atoms. The molecule has 0 saturated carbocycles. The predicted molar refractivity (Wildman–Crippen MR) is 161 cm³/mol. The van der Waals surface area contributed by atoms with Gasteiger partial charge in [-0.05, 0) is 78.4 Å². The Labute approximate surface area is 246 Å². The van der Waals surface area contributed by atoms with Crippen molar-refractivity contribution in [2.75, 3.05) is 65.0 Å². The van der Waals surface area contributed by atoms with E-state index in [2.05, 4.69) is 4.72 Å². The number of carbonyl (C=O) groups is 2. The number of amides is 2. The van der Waals surface area contributed by atoms with Crippen molar-refractivity contribution < 1.29 is 32.6 Å².